The molecule has 1 atom stereocenters. The average molecular weight is 377 g/mol. The zero-order valence-corrected chi connectivity index (χ0v) is 15.3. The number of nitrogens with one attached hydrogen (secondary N) is 1. The molecule has 1 aliphatic heterocycles. The van der Waals surface area contributed by atoms with Gasteiger partial charge in [-0.1, -0.05) is 41.4 Å². The van der Waals surface area contributed by atoms with E-state index in [-0.39, 0.29) is 24.2 Å². The largest absolute Gasteiger partial charge is 0.352 e. The molecule has 1 saturated heterocycles. The van der Waals surface area contributed by atoms with Gasteiger partial charge in [0.15, 0.2) is 0 Å². The number of nitrogens with zero attached hydrogens (tertiary/aromatic N) is 1. The number of rotatable bonds is 4. The molecule has 2 aromatic rings. The van der Waals surface area contributed by atoms with Crippen molar-refractivity contribution in [1.82, 2.24) is 5.32 Å². The lowest BCUT2D eigenvalue weighted by atomic mass is 10.1. The Balaban J connectivity index is 1.62. The topological polar surface area (TPSA) is 49.4 Å². The molecular weight excluding hydrogens is 359 g/mol. The van der Waals surface area contributed by atoms with E-state index < -0.39 is 0 Å². The second kappa shape index (κ2) is 7.46. The van der Waals surface area contributed by atoms with Crippen molar-refractivity contribution in [2.24, 2.45) is 5.92 Å². The lowest BCUT2D eigenvalue weighted by Gasteiger charge is -2.17. The maximum absolute atomic E-state index is 12.4. The Labute approximate surface area is 156 Å². The van der Waals surface area contributed by atoms with E-state index in [1.807, 2.05) is 31.2 Å². The summed E-state index contributed by atoms with van der Waals surface area (Å²) < 4.78 is 0. The quantitative estimate of drug-likeness (QED) is 0.877. The molecule has 130 valence electrons. The average Bonchev–Trinajstić information content (AvgIpc) is 2.98. The van der Waals surface area contributed by atoms with Gasteiger partial charge in [0, 0.05) is 35.2 Å². The van der Waals surface area contributed by atoms with Crippen LogP contribution >= 0.6 is 23.2 Å². The molecule has 0 spiro atoms. The van der Waals surface area contributed by atoms with Crippen LogP contribution in [0.2, 0.25) is 10.0 Å². The number of halogens is 2. The fourth-order valence-corrected chi connectivity index (χ4v) is 3.12. The van der Waals surface area contributed by atoms with E-state index in [0.717, 1.165) is 16.8 Å². The van der Waals surface area contributed by atoms with Crippen molar-refractivity contribution in [3.8, 4) is 0 Å². The number of carbonyl (C=O) groups excluding carboxylic acids is 2. The predicted molar refractivity (Wildman–Crippen MR) is 99.9 cm³/mol. The van der Waals surface area contributed by atoms with E-state index in [2.05, 4.69) is 5.32 Å². The molecule has 0 bridgehead atoms. The molecule has 0 aliphatic carbocycles. The first-order valence-electron chi connectivity index (χ1n) is 8.02. The van der Waals surface area contributed by atoms with Gasteiger partial charge in [0.2, 0.25) is 11.8 Å². The Bertz CT molecular complexity index is 806. The van der Waals surface area contributed by atoms with Crippen molar-refractivity contribution < 1.29 is 9.59 Å². The highest BCUT2D eigenvalue weighted by Crippen LogP contribution is 2.28. The van der Waals surface area contributed by atoms with Crippen LogP contribution in [0, 0.1) is 12.8 Å². The lowest BCUT2D eigenvalue weighted by molar-refractivity contribution is -0.126. The molecule has 4 nitrogen and oxygen atoms in total. The van der Waals surface area contributed by atoms with Crippen LogP contribution in [0.5, 0.6) is 0 Å². The summed E-state index contributed by atoms with van der Waals surface area (Å²) in [6.07, 6.45) is 0.206. The van der Waals surface area contributed by atoms with Gasteiger partial charge in [-0.05, 0) is 42.3 Å². The molecule has 0 unspecified atom stereocenters. The van der Waals surface area contributed by atoms with Crippen LogP contribution in [0.1, 0.15) is 17.5 Å². The Morgan fingerprint density at radius 2 is 1.92 bits per heavy atom. The number of hydrogen-bond donors (Lipinski definition) is 1. The van der Waals surface area contributed by atoms with Crippen LogP contribution in [0.25, 0.3) is 0 Å². The molecule has 2 aromatic carbocycles. The third-order valence-electron chi connectivity index (χ3n) is 4.34. The first kappa shape index (κ1) is 17.8. The van der Waals surface area contributed by atoms with E-state index in [9.17, 15) is 9.59 Å². The first-order valence-corrected chi connectivity index (χ1v) is 8.78. The minimum Gasteiger partial charge on any atom is -0.352 e. The highest BCUT2D eigenvalue weighted by Gasteiger charge is 2.35. The van der Waals surface area contributed by atoms with E-state index in [0.29, 0.717) is 23.1 Å². The maximum Gasteiger partial charge on any atom is 0.227 e. The van der Waals surface area contributed by atoms with Crippen molar-refractivity contribution in [3.05, 3.63) is 63.6 Å². The molecule has 0 radical (unpaired) electrons. The van der Waals surface area contributed by atoms with Crippen molar-refractivity contribution in [3.63, 3.8) is 0 Å². The van der Waals surface area contributed by atoms with Gasteiger partial charge in [0.1, 0.15) is 0 Å². The van der Waals surface area contributed by atoms with E-state index in [4.69, 9.17) is 23.2 Å². The summed E-state index contributed by atoms with van der Waals surface area (Å²) in [6, 6.07) is 12.8. The molecular formula is C19H18Cl2N2O2. The number of aryl methyl sites for hydroxylation is 1. The molecule has 1 fully saturated rings. The molecule has 0 aromatic heterocycles. The SMILES string of the molecule is Cc1ccc(N2C[C@@H](C(=O)NCc3ccc(Cl)cc3)CC2=O)cc1Cl. The van der Waals surface area contributed by atoms with Crippen molar-refractivity contribution in [2.75, 3.05) is 11.4 Å². The minimum atomic E-state index is -0.361. The van der Waals surface area contributed by atoms with Crippen LogP contribution in [-0.2, 0) is 16.1 Å². The van der Waals surface area contributed by atoms with Gasteiger partial charge in [-0.2, -0.15) is 0 Å². The van der Waals surface area contributed by atoms with Gasteiger partial charge < -0.3 is 10.2 Å². The lowest BCUT2D eigenvalue weighted by Crippen LogP contribution is -2.32. The normalized spacial score (nSPS) is 17.0. The number of benzene rings is 2. The second-order valence-electron chi connectivity index (χ2n) is 6.18. The van der Waals surface area contributed by atoms with Gasteiger partial charge in [-0.25, -0.2) is 0 Å². The molecule has 1 heterocycles. The van der Waals surface area contributed by atoms with Crippen molar-refractivity contribution in [1.29, 1.82) is 0 Å². The number of amides is 2. The van der Waals surface area contributed by atoms with E-state index >= 15 is 0 Å². The summed E-state index contributed by atoms with van der Waals surface area (Å²) in [7, 11) is 0. The van der Waals surface area contributed by atoms with Crippen molar-refractivity contribution in [2.45, 2.75) is 19.9 Å². The fourth-order valence-electron chi connectivity index (χ4n) is 2.82. The van der Waals surface area contributed by atoms with Gasteiger partial charge in [-0.15, -0.1) is 0 Å². The Hall–Kier alpha value is -2.04. The summed E-state index contributed by atoms with van der Waals surface area (Å²) in [5, 5.41) is 4.15. The molecule has 25 heavy (non-hydrogen) atoms. The molecule has 2 amide bonds. The zero-order valence-electron chi connectivity index (χ0n) is 13.8. The molecule has 1 N–H and O–H groups in total. The van der Waals surface area contributed by atoms with Crippen LogP contribution in [0.3, 0.4) is 0 Å². The van der Waals surface area contributed by atoms with Crippen LogP contribution in [0.15, 0.2) is 42.5 Å². The Kier molecular flexibility index (Phi) is 5.30. The van der Waals surface area contributed by atoms with Gasteiger partial charge in [0.05, 0.1) is 5.92 Å². The number of hydrogen-bond acceptors (Lipinski definition) is 2. The Morgan fingerprint density at radius 3 is 2.60 bits per heavy atom. The van der Waals surface area contributed by atoms with Crippen LogP contribution in [-0.4, -0.2) is 18.4 Å². The summed E-state index contributed by atoms with van der Waals surface area (Å²) >= 11 is 12.0. The summed E-state index contributed by atoms with van der Waals surface area (Å²) in [6.45, 7) is 2.69. The molecule has 3 rings (SSSR count). The second-order valence-corrected chi connectivity index (χ2v) is 7.03. The minimum absolute atomic E-state index is 0.0634. The third kappa shape index (κ3) is 4.14. The van der Waals surface area contributed by atoms with Gasteiger partial charge in [0.25, 0.3) is 0 Å². The highest BCUT2D eigenvalue weighted by atomic mass is 35.5. The number of carbonyl (C=O) groups is 2. The van der Waals surface area contributed by atoms with Crippen LogP contribution < -0.4 is 10.2 Å². The molecule has 0 saturated carbocycles. The summed E-state index contributed by atoms with van der Waals surface area (Å²) in [5.41, 5.74) is 2.65. The van der Waals surface area contributed by atoms with E-state index in [1.54, 1.807) is 23.1 Å². The smallest absolute Gasteiger partial charge is 0.227 e. The highest BCUT2D eigenvalue weighted by molar-refractivity contribution is 6.31. The zero-order chi connectivity index (χ0) is 18.0. The van der Waals surface area contributed by atoms with Crippen LogP contribution in [0.4, 0.5) is 5.69 Å². The van der Waals surface area contributed by atoms with Crippen molar-refractivity contribution >= 4 is 40.7 Å². The molecule has 6 heteroatoms. The monoisotopic (exact) mass is 376 g/mol. The van der Waals surface area contributed by atoms with E-state index in [1.165, 1.54) is 0 Å². The first-order chi connectivity index (χ1) is 11.9. The summed E-state index contributed by atoms with van der Waals surface area (Å²) in [5.74, 6) is -0.546. The fraction of sp³-hybridized carbons (Fsp3) is 0.263. The third-order valence-corrected chi connectivity index (χ3v) is 5.00. The molecule has 1 aliphatic rings. The summed E-state index contributed by atoms with van der Waals surface area (Å²) in [4.78, 5) is 26.3. The predicted octanol–water partition coefficient (Wildman–Crippen LogP) is 3.97. The van der Waals surface area contributed by atoms with Gasteiger partial charge in [-0.3, -0.25) is 9.59 Å². The maximum atomic E-state index is 12.4. The number of anilines is 1. The van der Waals surface area contributed by atoms with Gasteiger partial charge >= 0.3 is 0 Å². The standard InChI is InChI=1S/C19H18Cl2N2O2/c1-12-2-7-16(9-17(12)21)23-11-14(8-18(23)24)19(25)22-10-13-3-5-15(20)6-4-13/h2-7,9,14H,8,10-11H2,1H3,(H,22,25)/t14-/m0/s1. The Morgan fingerprint density at radius 1 is 1.20 bits per heavy atom.